The zero-order valence-electron chi connectivity index (χ0n) is 6.73. The molecule has 0 saturated carbocycles. The Morgan fingerprint density at radius 2 is 2.10 bits per heavy atom. The Morgan fingerprint density at radius 3 is 2.60 bits per heavy atom. The molecule has 0 heterocycles. The molecule has 58 valence electrons. The second-order valence-corrected chi connectivity index (χ2v) is 2.62. The van der Waals surface area contributed by atoms with Gasteiger partial charge in [-0.05, 0) is 18.9 Å². The van der Waals surface area contributed by atoms with E-state index in [9.17, 15) is 0 Å². The lowest BCUT2D eigenvalue weighted by Crippen LogP contribution is -1.64. The third-order valence-electron chi connectivity index (χ3n) is 1.13. The van der Waals surface area contributed by atoms with Gasteiger partial charge in [-0.3, -0.25) is 0 Å². The first kappa shape index (κ1) is 9.77. The molecule has 0 aliphatic carbocycles. The van der Waals surface area contributed by atoms with Gasteiger partial charge in [0.05, 0.1) is 0 Å². The van der Waals surface area contributed by atoms with Gasteiger partial charge in [0.2, 0.25) is 0 Å². The highest BCUT2D eigenvalue weighted by atomic mass is 35.5. The standard InChI is InChI=1S/C9H15Cl/c1-3-5-6-8-9(10)7-4-2/h6-8H,3-5H2,1-2H3/b8-6-,9-7+. The highest BCUT2D eigenvalue weighted by Crippen LogP contribution is 2.05. The van der Waals surface area contributed by atoms with Crippen molar-refractivity contribution in [3.05, 3.63) is 23.3 Å². The van der Waals surface area contributed by atoms with Crippen molar-refractivity contribution in [1.29, 1.82) is 0 Å². The summed E-state index contributed by atoms with van der Waals surface area (Å²) in [5.41, 5.74) is 0. The van der Waals surface area contributed by atoms with Crippen molar-refractivity contribution in [3.8, 4) is 0 Å². The van der Waals surface area contributed by atoms with Gasteiger partial charge in [0.25, 0.3) is 0 Å². The Kier molecular flexibility index (Phi) is 6.73. The Hall–Kier alpha value is -0.230. The normalized spacial score (nSPS) is 12.9. The van der Waals surface area contributed by atoms with Gasteiger partial charge in [0.1, 0.15) is 0 Å². The fourth-order valence-corrected chi connectivity index (χ4v) is 0.869. The van der Waals surface area contributed by atoms with E-state index < -0.39 is 0 Å². The molecule has 10 heavy (non-hydrogen) atoms. The second kappa shape index (κ2) is 6.88. The predicted molar refractivity (Wildman–Crippen MR) is 48.3 cm³/mol. The molecule has 0 aliphatic rings. The van der Waals surface area contributed by atoms with Crippen LogP contribution in [-0.4, -0.2) is 0 Å². The molecule has 0 amide bonds. The topological polar surface area (TPSA) is 0 Å². The van der Waals surface area contributed by atoms with Gasteiger partial charge >= 0.3 is 0 Å². The van der Waals surface area contributed by atoms with Crippen LogP contribution in [0, 0.1) is 0 Å². The van der Waals surface area contributed by atoms with Crippen LogP contribution in [0.2, 0.25) is 0 Å². The number of unbranched alkanes of at least 4 members (excludes halogenated alkanes) is 1. The Bertz CT molecular complexity index is 123. The van der Waals surface area contributed by atoms with Gasteiger partial charge in [0.15, 0.2) is 0 Å². The maximum absolute atomic E-state index is 5.79. The quantitative estimate of drug-likeness (QED) is 0.545. The van der Waals surface area contributed by atoms with E-state index in [2.05, 4.69) is 19.9 Å². The summed E-state index contributed by atoms with van der Waals surface area (Å²) in [6, 6.07) is 0. The predicted octanol–water partition coefficient (Wildman–Crippen LogP) is 3.88. The second-order valence-electron chi connectivity index (χ2n) is 2.19. The zero-order valence-corrected chi connectivity index (χ0v) is 7.49. The van der Waals surface area contributed by atoms with Crippen LogP contribution in [-0.2, 0) is 0 Å². The minimum Gasteiger partial charge on any atom is -0.0847 e. The van der Waals surface area contributed by atoms with Crippen LogP contribution in [0.4, 0.5) is 0 Å². The molecule has 0 rings (SSSR count). The summed E-state index contributed by atoms with van der Waals surface area (Å²) < 4.78 is 0. The van der Waals surface area contributed by atoms with Crippen molar-refractivity contribution < 1.29 is 0 Å². The molecule has 1 heteroatoms. The maximum atomic E-state index is 5.79. The Labute approximate surface area is 68.6 Å². The molecule has 0 aromatic rings. The molecule has 0 aromatic carbocycles. The summed E-state index contributed by atoms with van der Waals surface area (Å²) in [5, 5.41) is 0.857. The summed E-state index contributed by atoms with van der Waals surface area (Å²) >= 11 is 5.79. The van der Waals surface area contributed by atoms with Gasteiger partial charge in [-0.1, -0.05) is 44.0 Å². The lowest BCUT2D eigenvalue weighted by atomic mass is 10.3. The van der Waals surface area contributed by atoms with Crippen LogP contribution in [0.25, 0.3) is 0 Å². The average Bonchev–Trinajstić information content (AvgIpc) is 1.89. The van der Waals surface area contributed by atoms with Crippen LogP contribution in [0.1, 0.15) is 33.1 Å². The molecule has 0 N–H and O–H groups in total. The lowest BCUT2D eigenvalue weighted by molar-refractivity contribution is 0.958. The molecule has 0 bridgehead atoms. The van der Waals surface area contributed by atoms with Crippen molar-refractivity contribution >= 4 is 11.6 Å². The van der Waals surface area contributed by atoms with Gasteiger partial charge in [-0.25, -0.2) is 0 Å². The highest BCUT2D eigenvalue weighted by molar-refractivity contribution is 6.31. The minimum atomic E-state index is 0.857. The van der Waals surface area contributed by atoms with Crippen LogP contribution in [0.15, 0.2) is 23.3 Å². The highest BCUT2D eigenvalue weighted by Gasteiger charge is 1.80. The molecule has 0 saturated heterocycles. The molecule has 0 radical (unpaired) electrons. The lowest BCUT2D eigenvalue weighted by Gasteiger charge is -1.86. The molecule has 0 atom stereocenters. The fourth-order valence-electron chi connectivity index (χ4n) is 0.626. The first-order valence-electron chi connectivity index (χ1n) is 3.83. The van der Waals surface area contributed by atoms with Crippen LogP contribution in [0.3, 0.4) is 0 Å². The van der Waals surface area contributed by atoms with Gasteiger partial charge in [0, 0.05) is 5.03 Å². The third-order valence-corrected chi connectivity index (χ3v) is 1.41. The van der Waals surface area contributed by atoms with E-state index >= 15 is 0 Å². The summed E-state index contributed by atoms with van der Waals surface area (Å²) in [4.78, 5) is 0. The van der Waals surface area contributed by atoms with E-state index in [1.54, 1.807) is 0 Å². The van der Waals surface area contributed by atoms with Gasteiger partial charge in [-0.15, -0.1) is 0 Å². The summed E-state index contributed by atoms with van der Waals surface area (Å²) in [5.74, 6) is 0. The molecule has 0 nitrogen and oxygen atoms in total. The van der Waals surface area contributed by atoms with E-state index in [4.69, 9.17) is 11.6 Å². The van der Waals surface area contributed by atoms with Gasteiger partial charge < -0.3 is 0 Å². The average molecular weight is 159 g/mol. The van der Waals surface area contributed by atoms with Crippen LogP contribution >= 0.6 is 11.6 Å². The van der Waals surface area contributed by atoms with Crippen LogP contribution < -0.4 is 0 Å². The summed E-state index contributed by atoms with van der Waals surface area (Å²) in [7, 11) is 0. The van der Waals surface area contributed by atoms with E-state index in [0.717, 1.165) is 17.9 Å². The van der Waals surface area contributed by atoms with E-state index in [-0.39, 0.29) is 0 Å². The van der Waals surface area contributed by atoms with Crippen molar-refractivity contribution in [2.45, 2.75) is 33.1 Å². The molecule has 0 fully saturated rings. The molecular weight excluding hydrogens is 144 g/mol. The monoisotopic (exact) mass is 158 g/mol. The van der Waals surface area contributed by atoms with Crippen molar-refractivity contribution in [2.24, 2.45) is 0 Å². The summed E-state index contributed by atoms with van der Waals surface area (Å²) in [6.45, 7) is 4.23. The van der Waals surface area contributed by atoms with E-state index in [1.807, 2.05) is 12.2 Å². The Balaban J connectivity index is 3.55. The number of allylic oxidation sites excluding steroid dienone is 4. The largest absolute Gasteiger partial charge is 0.0847 e. The third kappa shape index (κ3) is 5.90. The minimum absolute atomic E-state index is 0.857. The first-order valence-corrected chi connectivity index (χ1v) is 4.21. The molecule has 0 aliphatic heterocycles. The van der Waals surface area contributed by atoms with E-state index in [0.29, 0.717) is 0 Å². The zero-order chi connectivity index (χ0) is 7.82. The molecule has 0 unspecified atom stereocenters. The first-order chi connectivity index (χ1) is 4.81. The SMILES string of the molecule is CC/C=C(Cl)\C=C/CCC. The smallest absolute Gasteiger partial charge is 0.0362 e. The number of halogens is 1. The molecule has 0 aromatic heterocycles. The van der Waals surface area contributed by atoms with Crippen LogP contribution in [0.5, 0.6) is 0 Å². The Morgan fingerprint density at radius 1 is 1.40 bits per heavy atom. The summed E-state index contributed by atoms with van der Waals surface area (Å²) in [6.07, 6.45) is 9.40. The number of hydrogen-bond acceptors (Lipinski definition) is 0. The number of hydrogen-bond donors (Lipinski definition) is 0. The fraction of sp³-hybridized carbons (Fsp3) is 0.556. The molecule has 0 spiro atoms. The van der Waals surface area contributed by atoms with E-state index in [1.165, 1.54) is 6.42 Å². The van der Waals surface area contributed by atoms with Gasteiger partial charge in [-0.2, -0.15) is 0 Å². The van der Waals surface area contributed by atoms with Crippen molar-refractivity contribution in [1.82, 2.24) is 0 Å². The molecular formula is C9H15Cl. The number of rotatable bonds is 4. The maximum Gasteiger partial charge on any atom is 0.0362 e. The van der Waals surface area contributed by atoms with Crippen molar-refractivity contribution in [2.75, 3.05) is 0 Å². The van der Waals surface area contributed by atoms with Crippen molar-refractivity contribution in [3.63, 3.8) is 0 Å².